The van der Waals surface area contributed by atoms with Gasteiger partial charge < -0.3 is 25.5 Å². The lowest BCUT2D eigenvalue weighted by atomic mass is 9.81. The third-order valence-corrected chi connectivity index (χ3v) is 2.36. The van der Waals surface area contributed by atoms with Gasteiger partial charge in [0.05, 0.1) is 12.2 Å². The number of hydrogen-bond donors (Lipinski definition) is 5. The van der Waals surface area contributed by atoms with Crippen molar-refractivity contribution in [2.75, 3.05) is 6.61 Å². The Labute approximate surface area is 69.9 Å². The van der Waals surface area contributed by atoms with Crippen molar-refractivity contribution in [1.82, 2.24) is 0 Å². The summed E-state index contributed by atoms with van der Waals surface area (Å²) in [6.07, 6.45) is -4.81. The summed E-state index contributed by atoms with van der Waals surface area (Å²) < 4.78 is 0. The molecule has 0 aliphatic heterocycles. The molecular weight excluding hydrogens is 164 g/mol. The Kier molecular flexibility index (Phi) is 3.03. The molecule has 2 unspecified atom stereocenters. The highest BCUT2D eigenvalue weighted by molar-refractivity contribution is 4.91. The highest BCUT2D eigenvalue weighted by Crippen LogP contribution is 2.25. The maximum Gasteiger partial charge on any atom is 0.109 e. The molecule has 5 atom stereocenters. The van der Waals surface area contributed by atoms with E-state index in [0.717, 1.165) is 0 Å². The highest BCUT2D eigenvalue weighted by Gasteiger charge is 2.41. The second kappa shape index (κ2) is 3.68. The Balaban J connectivity index is 2.63. The van der Waals surface area contributed by atoms with Crippen molar-refractivity contribution in [3.63, 3.8) is 0 Å². The van der Waals surface area contributed by atoms with Crippen LogP contribution >= 0.6 is 0 Å². The van der Waals surface area contributed by atoms with Crippen LogP contribution in [0.1, 0.15) is 6.42 Å². The molecule has 1 aliphatic rings. The van der Waals surface area contributed by atoms with Gasteiger partial charge in [-0.1, -0.05) is 0 Å². The molecule has 12 heavy (non-hydrogen) atoms. The molecule has 0 aromatic rings. The number of hydrogen-bond acceptors (Lipinski definition) is 5. The molecule has 0 aromatic carbocycles. The lowest BCUT2D eigenvalue weighted by Crippen LogP contribution is -2.54. The van der Waals surface area contributed by atoms with E-state index in [9.17, 15) is 5.11 Å². The van der Waals surface area contributed by atoms with Crippen molar-refractivity contribution in [3.05, 3.63) is 0 Å². The van der Waals surface area contributed by atoms with Crippen molar-refractivity contribution in [1.29, 1.82) is 0 Å². The van der Waals surface area contributed by atoms with Gasteiger partial charge in [0.15, 0.2) is 0 Å². The van der Waals surface area contributed by atoms with Gasteiger partial charge in [-0.25, -0.2) is 0 Å². The topological polar surface area (TPSA) is 101 Å². The average Bonchev–Trinajstić information content (AvgIpc) is 2.08. The maximum atomic E-state index is 9.24. The molecule has 1 saturated carbocycles. The van der Waals surface area contributed by atoms with Crippen molar-refractivity contribution >= 4 is 0 Å². The number of rotatable bonds is 1. The second-order valence-electron chi connectivity index (χ2n) is 3.22. The fourth-order valence-electron chi connectivity index (χ4n) is 1.48. The van der Waals surface area contributed by atoms with Crippen LogP contribution in [-0.2, 0) is 0 Å². The second-order valence-corrected chi connectivity index (χ2v) is 3.22. The van der Waals surface area contributed by atoms with E-state index in [0.29, 0.717) is 0 Å². The largest absolute Gasteiger partial charge is 0.396 e. The lowest BCUT2D eigenvalue weighted by Gasteiger charge is -2.37. The number of aliphatic hydroxyl groups excluding tert-OH is 5. The predicted molar refractivity (Wildman–Crippen MR) is 39.2 cm³/mol. The van der Waals surface area contributed by atoms with Crippen molar-refractivity contribution in [2.45, 2.75) is 30.8 Å². The van der Waals surface area contributed by atoms with Crippen LogP contribution in [0.25, 0.3) is 0 Å². The van der Waals surface area contributed by atoms with Gasteiger partial charge in [-0.3, -0.25) is 0 Å². The Hall–Kier alpha value is -0.200. The molecule has 0 radical (unpaired) electrons. The molecule has 0 saturated heterocycles. The van der Waals surface area contributed by atoms with Gasteiger partial charge >= 0.3 is 0 Å². The van der Waals surface area contributed by atoms with E-state index in [1.807, 2.05) is 0 Å². The third kappa shape index (κ3) is 1.60. The van der Waals surface area contributed by atoms with Crippen LogP contribution in [-0.4, -0.2) is 56.6 Å². The first-order valence-corrected chi connectivity index (χ1v) is 3.91. The molecule has 0 aromatic heterocycles. The summed E-state index contributed by atoms with van der Waals surface area (Å²) in [5.74, 6) is -0.557. The first kappa shape index (κ1) is 9.88. The summed E-state index contributed by atoms with van der Waals surface area (Å²) in [5.41, 5.74) is 0. The molecule has 5 nitrogen and oxygen atoms in total. The van der Waals surface area contributed by atoms with Gasteiger partial charge in [-0.05, 0) is 6.42 Å². The van der Waals surface area contributed by atoms with Crippen LogP contribution in [0.5, 0.6) is 0 Å². The van der Waals surface area contributed by atoms with Crippen molar-refractivity contribution in [3.8, 4) is 0 Å². The molecule has 0 spiro atoms. The van der Waals surface area contributed by atoms with E-state index >= 15 is 0 Å². The molecule has 0 bridgehead atoms. The quantitative estimate of drug-likeness (QED) is 0.304. The molecular formula is C7H14O5. The van der Waals surface area contributed by atoms with Gasteiger partial charge in [0.2, 0.25) is 0 Å². The smallest absolute Gasteiger partial charge is 0.109 e. The maximum absolute atomic E-state index is 9.24. The fourth-order valence-corrected chi connectivity index (χ4v) is 1.48. The van der Waals surface area contributed by atoms with E-state index < -0.39 is 30.3 Å². The molecule has 72 valence electrons. The van der Waals surface area contributed by atoms with Crippen molar-refractivity contribution in [2.24, 2.45) is 5.92 Å². The lowest BCUT2D eigenvalue weighted by molar-refractivity contribution is -0.163. The first-order valence-electron chi connectivity index (χ1n) is 3.91. The zero-order valence-corrected chi connectivity index (χ0v) is 6.54. The van der Waals surface area contributed by atoms with E-state index in [1.165, 1.54) is 0 Å². The molecule has 1 fully saturated rings. The van der Waals surface area contributed by atoms with E-state index in [-0.39, 0.29) is 13.0 Å². The predicted octanol–water partition coefficient (Wildman–Crippen LogP) is -2.56. The van der Waals surface area contributed by atoms with Gasteiger partial charge in [0.1, 0.15) is 12.2 Å². The molecule has 5 N–H and O–H groups in total. The van der Waals surface area contributed by atoms with E-state index in [1.54, 1.807) is 0 Å². The Morgan fingerprint density at radius 1 is 0.917 bits per heavy atom. The van der Waals surface area contributed by atoms with Crippen LogP contribution in [0.4, 0.5) is 0 Å². The standard InChI is InChI=1S/C7H14O5/c8-2-3-1-4(9)6(11)7(12)5(3)10/h3-12H,1-2H2/t3?,4-,5+,6?,7-/m0/s1. The monoisotopic (exact) mass is 178 g/mol. The molecule has 1 aliphatic carbocycles. The summed E-state index contributed by atoms with van der Waals surface area (Å²) in [5, 5.41) is 45.3. The van der Waals surface area contributed by atoms with Crippen molar-refractivity contribution < 1.29 is 25.5 Å². The first-order chi connectivity index (χ1) is 5.57. The van der Waals surface area contributed by atoms with Gasteiger partial charge in [-0.15, -0.1) is 0 Å². The molecule has 0 heterocycles. The minimum absolute atomic E-state index is 0.107. The molecule has 0 amide bonds. The van der Waals surface area contributed by atoms with E-state index in [4.69, 9.17) is 20.4 Å². The van der Waals surface area contributed by atoms with Crippen LogP contribution in [0.3, 0.4) is 0 Å². The van der Waals surface area contributed by atoms with Crippen LogP contribution < -0.4 is 0 Å². The van der Waals surface area contributed by atoms with Crippen LogP contribution in [0.2, 0.25) is 0 Å². The molecule has 5 heteroatoms. The minimum Gasteiger partial charge on any atom is -0.396 e. The Bertz CT molecular complexity index is 146. The average molecular weight is 178 g/mol. The van der Waals surface area contributed by atoms with E-state index in [2.05, 4.69) is 0 Å². The van der Waals surface area contributed by atoms with Crippen LogP contribution in [0, 0.1) is 5.92 Å². The summed E-state index contributed by atoms with van der Waals surface area (Å²) in [6, 6.07) is 0. The number of aliphatic hydroxyl groups is 5. The normalized spacial score (nSPS) is 49.2. The Morgan fingerprint density at radius 3 is 2.00 bits per heavy atom. The van der Waals surface area contributed by atoms with Crippen LogP contribution in [0.15, 0.2) is 0 Å². The SMILES string of the molecule is OCC1C[C@H](O)C(O)[C@@H](O)[C@@H]1O. The zero-order valence-electron chi connectivity index (χ0n) is 6.54. The van der Waals surface area contributed by atoms with Gasteiger partial charge in [0.25, 0.3) is 0 Å². The highest BCUT2D eigenvalue weighted by atomic mass is 16.4. The zero-order chi connectivity index (χ0) is 9.30. The summed E-state index contributed by atoms with van der Waals surface area (Å²) in [6.45, 7) is -0.304. The summed E-state index contributed by atoms with van der Waals surface area (Å²) in [4.78, 5) is 0. The van der Waals surface area contributed by atoms with Gasteiger partial charge in [-0.2, -0.15) is 0 Å². The molecule has 1 rings (SSSR count). The minimum atomic E-state index is -1.37. The Morgan fingerprint density at radius 2 is 1.50 bits per heavy atom. The fraction of sp³-hybridized carbons (Fsp3) is 1.00. The third-order valence-electron chi connectivity index (χ3n) is 2.36. The summed E-state index contributed by atoms with van der Waals surface area (Å²) >= 11 is 0. The summed E-state index contributed by atoms with van der Waals surface area (Å²) in [7, 11) is 0. The van der Waals surface area contributed by atoms with Gasteiger partial charge in [0, 0.05) is 12.5 Å².